The minimum absolute atomic E-state index is 0.292. The summed E-state index contributed by atoms with van der Waals surface area (Å²) in [6, 6.07) is 0. The number of amides is 1. The number of alkyl carbamates (subject to hydrolysis) is 1. The van der Waals surface area contributed by atoms with Gasteiger partial charge >= 0.3 is 6.09 Å². The van der Waals surface area contributed by atoms with Crippen LogP contribution in [0.5, 0.6) is 0 Å². The predicted molar refractivity (Wildman–Crippen MR) is 74.7 cm³/mol. The van der Waals surface area contributed by atoms with Gasteiger partial charge in [-0.15, -0.1) is 0 Å². The molecule has 1 aromatic heterocycles. The normalized spacial score (nSPS) is 18.1. The number of aromatic nitrogens is 2. The Labute approximate surface area is 124 Å². The standard InChI is InChI=1S/C14H23N3O4/c1-5-14(8-18,16-12(19)20-13(2,3)4)11-15-10(21-17-11)9-6-7-9/h9,18H,5-8H2,1-4H3,(H,16,19)/t14-/m0/s1. The van der Waals surface area contributed by atoms with Crippen molar-refractivity contribution in [2.45, 2.75) is 64.0 Å². The molecule has 7 nitrogen and oxygen atoms in total. The average Bonchev–Trinajstić information content (AvgIpc) is 3.12. The molecule has 21 heavy (non-hydrogen) atoms. The molecule has 0 radical (unpaired) electrons. The molecule has 1 aliphatic rings. The second-order valence-corrected chi connectivity index (χ2v) is 6.45. The smallest absolute Gasteiger partial charge is 0.408 e. The number of hydrogen-bond donors (Lipinski definition) is 2. The van der Waals surface area contributed by atoms with Crippen LogP contribution in [0, 0.1) is 0 Å². The molecule has 0 aromatic carbocycles. The molecule has 0 bridgehead atoms. The van der Waals surface area contributed by atoms with E-state index in [1.54, 1.807) is 20.8 Å². The third-order valence-electron chi connectivity index (χ3n) is 3.41. The monoisotopic (exact) mass is 297 g/mol. The van der Waals surface area contributed by atoms with Gasteiger partial charge in [0.1, 0.15) is 11.1 Å². The number of nitrogens with zero attached hydrogens (tertiary/aromatic N) is 2. The van der Waals surface area contributed by atoms with Crippen LogP contribution in [0.2, 0.25) is 0 Å². The lowest BCUT2D eigenvalue weighted by molar-refractivity contribution is 0.0372. The highest BCUT2D eigenvalue weighted by Crippen LogP contribution is 2.39. The van der Waals surface area contributed by atoms with E-state index in [2.05, 4.69) is 15.5 Å². The van der Waals surface area contributed by atoms with Crippen LogP contribution in [0.1, 0.15) is 64.6 Å². The van der Waals surface area contributed by atoms with E-state index in [-0.39, 0.29) is 6.61 Å². The molecule has 1 saturated carbocycles. The van der Waals surface area contributed by atoms with E-state index in [1.165, 1.54) is 0 Å². The fraction of sp³-hybridized carbons (Fsp3) is 0.786. The van der Waals surface area contributed by atoms with E-state index in [1.807, 2.05) is 6.92 Å². The summed E-state index contributed by atoms with van der Waals surface area (Å²) >= 11 is 0. The molecule has 0 spiro atoms. The lowest BCUT2D eigenvalue weighted by Gasteiger charge is -2.30. The Bertz CT molecular complexity index is 499. The summed E-state index contributed by atoms with van der Waals surface area (Å²) in [7, 11) is 0. The minimum Gasteiger partial charge on any atom is -0.444 e. The van der Waals surface area contributed by atoms with Crippen LogP contribution in [0.3, 0.4) is 0 Å². The van der Waals surface area contributed by atoms with Crippen molar-refractivity contribution < 1.29 is 19.2 Å². The van der Waals surface area contributed by atoms with Crippen molar-refractivity contribution in [2.24, 2.45) is 0 Å². The molecular formula is C14H23N3O4. The Morgan fingerprint density at radius 2 is 2.14 bits per heavy atom. The van der Waals surface area contributed by atoms with Crippen molar-refractivity contribution in [3.63, 3.8) is 0 Å². The van der Waals surface area contributed by atoms with Gasteiger partial charge in [-0.3, -0.25) is 0 Å². The van der Waals surface area contributed by atoms with Gasteiger partial charge in [-0.25, -0.2) is 4.79 Å². The Kier molecular flexibility index (Phi) is 4.22. The van der Waals surface area contributed by atoms with E-state index in [4.69, 9.17) is 9.26 Å². The number of carbonyl (C=O) groups is 1. The molecule has 2 rings (SSSR count). The maximum atomic E-state index is 12.0. The van der Waals surface area contributed by atoms with Crippen LogP contribution in [-0.4, -0.2) is 33.5 Å². The fourth-order valence-electron chi connectivity index (χ4n) is 1.95. The molecule has 1 heterocycles. The summed E-state index contributed by atoms with van der Waals surface area (Å²) in [5, 5.41) is 16.4. The van der Waals surface area contributed by atoms with Crippen molar-refractivity contribution in [3.8, 4) is 0 Å². The second-order valence-electron chi connectivity index (χ2n) is 6.45. The van der Waals surface area contributed by atoms with Gasteiger partial charge in [0, 0.05) is 5.92 Å². The molecule has 1 atom stereocenters. The van der Waals surface area contributed by atoms with Crippen LogP contribution in [-0.2, 0) is 10.3 Å². The van der Waals surface area contributed by atoms with E-state index in [9.17, 15) is 9.90 Å². The topological polar surface area (TPSA) is 97.5 Å². The highest BCUT2D eigenvalue weighted by Gasteiger charge is 2.40. The average molecular weight is 297 g/mol. The van der Waals surface area contributed by atoms with E-state index < -0.39 is 17.2 Å². The van der Waals surface area contributed by atoms with Gasteiger partial charge in [-0.2, -0.15) is 4.98 Å². The minimum atomic E-state index is -1.08. The van der Waals surface area contributed by atoms with Gasteiger partial charge in [0.2, 0.25) is 5.89 Å². The highest BCUT2D eigenvalue weighted by molar-refractivity contribution is 5.69. The summed E-state index contributed by atoms with van der Waals surface area (Å²) in [5.74, 6) is 1.18. The molecule has 1 aromatic rings. The van der Waals surface area contributed by atoms with E-state index in [0.29, 0.717) is 24.1 Å². The van der Waals surface area contributed by atoms with Crippen LogP contribution >= 0.6 is 0 Å². The van der Waals surface area contributed by atoms with Gasteiger partial charge in [-0.05, 0) is 40.0 Å². The van der Waals surface area contributed by atoms with Gasteiger partial charge in [0.15, 0.2) is 5.82 Å². The second kappa shape index (κ2) is 5.63. The first-order chi connectivity index (χ1) is 9.79. The number of aliphatic hydroxyl groups is 1. The summed E-state index contributed by atoms with van der Waals surface area (Å²) < 4.78 is 10.5. The molecule has 7 heteroatoms. The number of ether oxygens (including phenoxy) is 1. The van der Waals surface area contributed by atoms with Crippen LogP contribution in [0.4, 0.5) is 4.79 Å². The molecule has 1 amide bonds. The number of nitrogens with one attached hydrogen (secondary N) is 1. The van der Waals surface area contributed by atoms with Crippen molar-refractivity contribution in [1.82, 2.24) is 15.5 Å². The quantitative estimate of drug-likeness (QED) is 0.863. The summed E-state index contributed by atoms with van der Waals surface area (Å²) in [5.41, 5.74) is -1.70. The molecule has 0 aliphatic heterocycles. The SMILES string of the molecule is CC[C@@](CO)(NC(=O)OC(C)(C)C)c1noc(C2CC2)n1. The van der Waals surface area contributed by atoms with E-state index in [0.717, 1.165) is 12.8 Å². The lowest BCUT2D eigenvalue weighted by atomic mass is 9.96. The van der Waals surface area contributed by atoms with Crippen LogP contribution in [0.25, 0.3) is 0 Å². The van der Waals surface area contributed by atoms with Gasteiger partial charge in [0.25, 0.3) is 0 Å². The Balaban J connectivity index is 2.16. The maximum Gasteiger partial charge on any atom is 0.408 e. The van der Waals surface area contributed by atoms with Gasteiger partial charge in [0.05, 0.1) is 6.61 Å². The lowest BCUT2D eigenvalue weighted by Crippen LogP contribution is -2.50. The zero-order chi connectivity index (χ0) is 15.7. The molecule has 1 aliphatic carbocycles. The summed E-state index contributed by atoms with van der Waals surface area (Å²) in [6.07, 6.45) is 1.89. The zero-order valence-electron chi connectivity index (χ0n) is 13.0. The van der Waals surface area contributed by atoms with Crippen LogP contribution < -0.4 is 5.32 Å². The molecule has 0 saturated heterocycles. The Morgan fingerprint density at radius 3 is 2.62 bits per heavy atom. The first-order valence-electron chi connectivity index (χ1n) is 7.26. The zero-order valence-corrected chi connectivity index (χ0v) is 13.0. The number of aliphatic hydroxyl groups excluding tert-OH is 1. The predicted octanol–water partition coefficient (Wildman–Crippen LogP) is 2.07. The third-order valence-corrected chi connectivity index (χ3v) is 3.41. The number of carbonyl (C=O) groups excluding carboxylic acids is 1. The first kappa shape index (κ1) is 15.8. The van der Waals surface area contributed by atoms with Crippen molar-refractivity contribution in [2.75, 3.05) is 6.61 Å². The molecule has 118 valence electrons. The first-order valence-corrected chi connectivity index (χ1v) is 7.26. The number of hydrogen-bond acceptors (Lipinski definition) is 6. The Hall–Kier alpha value is -1.63. The molecular weight excluding hydrogens is 274 g/mol. The van der Waals surface area contributed by atoms with E-state index >= 15 is 0 Å². The van der Waals surface area contributed by atoms with Gasteiger partial charge in [-0.1, -0.05) is 12.1 Å². The summed E-state index contributed by atoms with van der Waals surface area (Å²) in [6.45, 7) is 6.84. The van der Waals surface area contributed by atoms with Gasteiger partial charge < -0.3 is 19.7 Å². The van der Waals surface area contributed by atoms with Crippen molar-refractivity contribution in [3.05, 3.63) is 11.7 Å². The largest absolute Gasteiger partial charge is 0.444 e. The third kappa shape index (κ3) is 3.72. The maximum absolute atomic E-state index is 12.0. The van der Waals surface area contributed by atoms with Crippen LogP contribution in [0.15, 0.2) is 4.52 Å². The molecule has 1 fully saturated rings. The highest BCUT2D eigenvalue weighted by atomic mass is 16.6. The molecule has 2 N–H and O–H groups in total. The fourth-order valence-corrected chi connectivity index (χ4v) is 1.95. The van der Waals surface area contributed by atoms with Crippen molar-refractivity contribution in [1.29, 1.82) is 0 Å². The summed E-state index contributed by atoms with van der Waals surface area (Å²) in [4.78, 5) is 16.3. The molecule has 0 unspecified atom stereocenters. The Morgan fingerprint density at radius 1 is 1.48 bits per heavy atom. The van der Waals surface area contributed by atoms with Crippen molar-refractivity contribution >= 4 is 6.09 Å². The number of rotatable bonds is 5.